The van der Waals surface area contributed by atoms with E-state index in [1.807, 2.05) is 31.2 Å². The molecule has 0 aliphatic heterocycles. The molecular weight excluding hydrogens is 224 g/mol. The molecule has 0 saturated heterocycles. The molecule has 2 aromatic rings. The Morgan fingerprint density at radius 2 is 1.88 bits per heavy atom. The van der Waals surface area contributed by atoms with Crippen LogP contribution in [-0.2, 0) is 0 Å². The van der Waals surface area contributed by atoms with Gasteiger partial charge in [0.05, 0.1) is 17.6 Å². The molecule has 0 bridgehead atoms. The summed E-state index contributed by atoms with van der Waals surface area (Å²) in [6.45, 7) is 2.48. The number of benzene rings is 1. The molecule has 84 valence electrons. The van der Waals surface area contributed by atoms with Gasteiger partial charge in [-0.3, -0.25) is 0 Å². The molecular formula is C12H13ClN2O. The standard InChI is InChI=1S/C12H13ClN2O/c1-9-12(16-8-4-7-13)15-11-6-3-2-5-10(11)14-9/h2-3,5-6H,4,7-8H2,1H3. The van der Waals surface area contributed by atoms with Crippen molar-refractivity contribution in [2.24, 2.45) is 0 Å². The minimum absolute atomic E-state index is 0.581. The Labute approximate surface area is 99.4 Å². The van der Waals surface area contributed by atoms with Crippen LogP contribution < -0.4 is 4.74 Å². The number of hydrogen-bond donors (Lipinski definition) is 0. The zero-order chi connectivity index (χ0) is 11.4. The van der Waals surface area contributed by atoms with Gasteiger partial charge in [-0.2, -0.15) is 0 Å². The smallest absolute Gasteiger partial charge is 0.235 e. The molecule has 2 rings (SSSR count). The van der Waals surface area contributed by atoms with Gasteiger partial charge in [0, 0.05) is 5.88 Å². The second kappa shape index (κ2) is 5.12. The predicted octanol–water partition coefficient (Wildman–Crippen LogP) is 2.95. The van der Waals surface area contributed by atoms with E-state index in [1.54, 1.807) is 0 Å². The number of aryl methyl sites for hydroxylation is 1. The van der Waals surface area contributed by atoms with Crippen LogP contribution in [0.3, 0.4) is 0 Å². The van der Waals surface area contributed by atoms with Crippen LogP contribution in [0.15, 0.2) is 24.3 Å². The maximum absolute atomic E-state index is 5.59. The van der Waals surface area contributed by atoms with E-state index in [4.69, 9.17) is 16.3 Å². The van der Waals surface area contributed by atoms with Crippen LogP contribution in [0.2, 0.25) is 0 Å². The SMILES string of the molecule is Cc1nc2ccccc2nc1OCCCCl. The fourth-order valence-corrected chi connectivity index (χ4v) is 1.54. The van der Waals surface area contributed by atoms with Crippen molar-refractivity contribution in [1.29, 1.82) is 0 Å². The molecule has 0 spiro atoms. The lowest BCUT2D eigenvalue weighted by Gasteiger charge is -2.07. The predicted molar refractivity (Wildman–Crippen MR) is 65.1 cm³/mol. The van der Waals surface area contributed by atoms with Gasteiger partial charge in [-0.15, -0.1) is 11.6 Å². The van der Waals surface area contributed by atoms with E-state index in [1.165, 1.54) is 0 Å². The molecule has 0 fully saturated rings. The molecule has 0 unspecified atom stereocenters. The quantitative estimate of drug-likeness (QED) is 0.605. The number of nitrogens with zero attached hydrogens (tertiary/aromatic N) is 2. The van der Waals surface area contributed by atoms with Crippen LogP contribution >= 0.6 is 11.6 Å². The largest absolute Gasteiger partial charge is 0.476 e. The van der Waals surface area contributed by atoms with Gasteiger partial charge in [0.25, 0.3) is 0 Å². The molecule has 0 amide bonds. The van der Waals surface area contributed by atoms with E-state index in [-0.39, 0.29) is 0 Å². The van der Waals surface area contributed by atoms with Crippen LogP contribution in [0.25, 0.3) is 11.0 Å². The van der Waals surface area contributed by atoms with Crippen LogP contribution in [0, 0.1) is 6.92 Å². The topological polar surface area (TPSA) is 35.0 Å². The molecule has 0 aliphatic carbocycles. The van der Waals surface area contributed by atoms with E-state index < -0.39 is 0 Å². The number of aromatic nitrogens is 2. The molecule has 4 heteroatoms. The molecule has 0 N–H and O–H groups in total. The van der Waals surface area contributed by atoms with Crippen molar-refractivity contribution in [3.8, 4) is 5.88 Å². The number of halogens is 1. The third kappa shape index (κ3) is 2.42. The first-order valence-corrected chi connectivity index (χ1v) is 5.77. The summed E-state index contributed by atoms with van der Waals surface area (Å²) in [6.07, 6.45) is 0.815. The third-order valence-electron chi connectivity index (χ3n) is 2.22. The van der Waals surface area contributed by atoms with Gasteiger partial charge in [-0.1, -0.05) is 12.1 Å². The summed E-state index contributed by atoms with van der Waals surface area (Å²) in [7, 11) is 0. The lowest BCUT2D eigenvalue weighted by molar-refractivity contribution is 0.303. The zero-order valence-electron chi connectivity index (χ0n) is 9.11. The second-order valence-electron chi connectivity index (χ2n) is 3.49. The van der Waals surface area contributed by atoms with Crippen molar-refractivity contribution >= 4 is 22.6 Å². The summed E-state index contributed by atoms with van der Waals surface area (Å²) in [5.74, 6) is 1.20. The van der Waals surface area contributed by atoms with Crippen LogP contribution in [0.5, 0.6) is 5.88 Å². The second-order valence-corrected chi connectivity index (χ2v) is 3.87. The number of alkyl halides is 1. The fourth-order valence-electron chi connectivity index (χ4n) is 1.43. The van der Waals surface area contributed by atoms with Gasteiger partial charge in [0.2, 0.25) is 5.88 Å². The van der Waals surface area contributed by atoms with Gasteiger partial charge in [0.1, 0.15) is 5.69 Å². The lowest BCUT2D eigenvalue weighted by Crippen LogP contribution is -2.03. The summed E-state index contributed by atoms with van der Waals surface area (Å²) >= 11 is 5.59. The van der Waals surface area contributed by atoms with E-state index in [2.05, 4.69) is 9.97 Å². The Hall–Kier alpha value is -1.35. The van der Waals surface area contributed by atoms with Gasteiger partial charge >= 0.3 is 0 Å². The molecule has 1 heterocycles. The highest BCUT2D eigenvalue weighted by Crippen LogP contribution is 2.17. The van der Waals surface area contributed by atoms with Crippen molar-refractivity contribution in [2.45, 2.75) is 13.3 Å². The minimum atomic E-state index is 0.581. The molecule has 0 radical (unpaired) electrons. The highest BCUT2D eigenvalue weighted by molar-refractivity contribution is 6.17. The maximum Gasteiger partial charge on any atom is 0.235 e. The van der Waals surface area contributed by atoms with Gasteiger partial charge in [-0.25, -0.2) is 9.97 Å². The third-order valence-corrected chi connectivity index (χ3v) is 2.49. The van der Waals surface area contributed by atoms with Crippen LogP contribution in [0.1, 0.15) is 12.1 Å². The molecule has 0 saturated carbocycles. The number of hydrogen-bond acceptors (Lipinski definition) is 3. The number of para-hydroxylation sites is 2. The van der Waals surface area contributed by atoms with Gasteiger partial charge in [-0.05, 0) is 25.5 Å². The van der Waals surface area contributed by atoms with Crippen molar-refractivity contribution in [3.05, 3.63) is 30.0 Å². The fraction of sp³-hybridized carbons (Fsp3) is 0.333. The van der Waals surface area contributed by atoms with E-state index >= 15 is 0 Å². The highest BCUT2D eigenvalue weighted by Gasteiger charge is 2.05. The molecule has 0 atom stereocenters. The normalized spacial score (nSPS) is 10.6. The lowest BCUT2D eigenvalue weighted by atomic mass is 10.3. The molecule has 3 nitrogen and oxygen atoms in total. The monoisotopic (exact) mass is 236 g/mol. The van der Waals surface area contributed by atoms with E-state index in [9.17, 15) is 0 Å². The van der Waals surface area contributed by atoms with Crippen molar-refractivity contribution < 1.29 is 4.74 Å². The Morgan fingerprint density at radius 3 is 2.56 bits per heavy atom. The number of ether oxygens (including phenoxy) is 1. The molecule has 16 heavy (non-hydrogen) atoms. The first kappa shape index (κ1) is 11.1. The van der Waals surface area contributed by atoms with Crippen LogP contribution in [-0.4, -0.2) is 22.5 Å². The number of rotatable bonds is 4. The average Bonchev–Trinajstić information content (AvgIpc) is 2.30. The summed E-state index contributed by atoms with van der Waals surface area (Å²) < 4.78 is 5.53. The van der Waals surface area contributed by atoms with Crippen LogP contribution in [0.4, 0.5) is 0 Å². The van der Waals surface area contributed by atoms with Crippen molar-refractivity contribution in [1.82, 2.24) is 9.97 Å². The zero-order valence-corrected chi connectivity index (χ0v) is 9.87. The Balaban J connectivity index is 2.27. The maximum atomic E-state index is 5.59. The van der Waals surface area contributed by atoms with E-state index in [0.29, 0.717) is 18.4 Å². The molecule has 1 aromatic carbocycles. The highest BCUT2D eigenvalue weighted by atomic mass is 35.5. The average molecular weight is 237 g/mol. The molecule has 0 aliphatic rings. The van der Waals surface area contributed by atoms with Gasteiger partial charge in [0.15, 0.2) is 0 Å². The number of fused-ring (bicyclic) bond motifs is 1. The summed E-state index contributed by atoms with van der Waals surface area (Å²) in [6, 6.07) is 7.76. The van der Waals surface area contributed by atoms with Crippen molar-refractivity contribution in [3.63, 3.8) is 0 Å². The Kier molecular flexibility index (Phi) is 3.57. The minimum Gasteiger partial charge on any atom is -0.476 e. The Morgan fingerprint density at radius 1 is 1.19 bits per heavy atom. The Bertz CT molecular complexity index is 487. The summed E-state index contributed by atoms with van der Waals surface area (Å²) in [5.41, 5.74) is 2.56. The first-order chi connectivity index (χ1) is 7.81. The molecule has 1 aromatic heterocycles. The van der Waals surface area contributed by atoms with Crippen molar-refractivity contribution in [2.75, 3.05) is 12.5 Å². The van der Waals surface area contributed by atoms with E-state index in [0.717, 1.165) is 23.1 Å². The van der Waals surface area contributed by atoms with Gasteiger partial charge < -0.3 is 4.74 Å². The summed E-state index contributed by atoms with van der Waals surface area (Å²) in [5, 5.41) is 0. The first-order valence-electron chi connectivity index (χ1n) is 5.23. The summed E-state index contributed by atoms with van der Waals surface area (Å²) in [4.78, 5) is 8.85.